The normalized spacial score (nSPS) is 10.9. The Morgan fingerprint density at radius 1 is 1.17 bits per heavy atom. The first-order chi connectivity index (χ1) is 11.6. The van der Waals surface area contributed by atoms with Crippen LogP contribution in [0.2, 0.25) is 0 Å². The topological polar surface area (TPSA) is 79.9 Å². The van der Waals surface area contributed by atoms with Gasteiger partial charge in [0.05, 0.1) is 5.56 Å². The van der Waals surface area contributed by atoms with Crippen molar-refractivity contribution >= 4 is 22.4 Å². The number of phenols is 1. The van der Waals surface area contributed by atoms with Gasteiger partial charge in [0, 0.05) is 17.4 Å². The summed E-state index contributed by atoms with van der Waals surface area (Å²) in [6.07, 6.45) is 2.52. The standard InChI is InChI=1S/C19H17NO4/c1-2-3-4-17-18(19(22)12-5-8-14(21)9-6-12)15-11-13(20-23)7-10-16(15)24-17/h5-11,21H,2-4H2,1H3. The quantitative estimate of drug-likeness (QED) is 0.505. The summed E-state index contributed by atoms with van der Waals surface area (Å²) in [5.74, 6) is 0.526. The molecule has 3 aromatic rings. The molecular formula is C19H17NO4. The van der Waals surface area contributed by atoms with Gasteiger partial charge in [-0.2, -0.15) is 0 Å². The highest BCUT2D eigenvalue weighted by Crippen LogP contribution is 2.32. The molecule has 0 bridgehead atoms. The molecule has 0 unspecified atom stereocenters. The van der Waals surface area contributed by atoms with Crippen LogP contribution < -0.4 is 0 Å². The zero-order valence-electron chi connectivity index (χ0n) is 13.3. The van der Waals surface area contributed by atoms with Crippen molar-refractivity contribution < 1.29 is 14.3 Å². The average Bonchev–Trinajstić information content (AvgIpc) is 2.97. The Balaban J connectivity index is 2.16. The van der Waals surface area contributed by atoms with Crippen LogP contribution in [0.4, 0.5) is 5.69 Å². The second-order valence-electron chi connectivity index (χ2n) is 5.65. The summed E-state index contributed by atoms with van der Waals surface area (Å²) < 4.78 is 5.85. The van der Waals surface area contributed by atoms with Gasteiger partial charge in [0.25, 0.3) is 0 Å². The fraction of sp³-hybridized carbons (Fsp3) is 0.211. The molecule has 0 aliphatic rings. The molecule has 0 atom stereocenters. The van der Waals surface area contributed by atoms with Crippen LogP contribution in [0.5, 0.6) is 5.75 Å². The third kappa shape index (κ3) is 2.93. The van der Waals surface area contributed by atoms with E-state index in [-0.39, 0.29) is 17.2 Å². The van der Waals surface area contributed by atoms with Gasteiger partial charge in [0.1, 0.15) is 22.8 Å². The van der Waals surface area contributed by atoms with Crippen LogP contribution in [-0.2, 0) is 6.42 Å². The number of fused-ring (bicyclic) bond motifs is 1. The Kier molecular flexibility index (Phi) is 4.42. The molecule has 0 radical (unpaired) electrons. The number of unbranched alkanes of at least 4 members (excludes halogenated alkanes) is 1. The van der Waals surface area contributed by atoms with Crippen LogP contribution in [0, 0.1) is 4.91 Å². The highest BCUT2D eigenvalue weighted by molar-refractivity contribution is 6.17. The Bertz CT molecular complexity index is 894. The van der Waals surface area contributed by atoms with Gasteiger partial charge >= 0.3 is 0 Å². The van der Waals surface area contributed by atoms with Crippen molar-refractivity contribution in [3.63, 3.8) is 0 Å². The summed E-state index contributed by atoms with van der Waals surface area (Å²) in [5.41, 5.74) is 1.74. The molecule has 122 valence electrons. The predicted molar refractivity (Wildman–Crippen MR) is 91.8 cm³/mol. The largest absolute Gasteiger partial charge is 0.508 e. The van der Waals surface area contributed by atoms with Crippen LogP contribution >= 0.6 is 0 Å². The summed E-state index contributed by atoms with van der Waals surface area (Å²) in [5, 5.41) is 12.9. The molecule has 0 aliphatic carbocycles. The van der Waals surface area contributed by atoms with Crippen molar-refractivity contribution in [1.29, 1.82) is 0 Å². The SMILES string of the molecule is CCCCc1oc2ccc(N=O)cc2c1C(=O)c1ccc(O)cc1. The zero-order chi connectivity index (χ0) is 17.1. The number of carbonyl (C=O) groups is 1. The van der Waals surface area contributed by atoms with E-state index in [9.17, 15) is 14.8 Å². The number of carbonyl (C=O) groups excluding carboxylic acids is 1. The first-order valence-electron chi connectivity index (χ1n) is 7.86. The molecule has 1 heterocycles. The van der Waals surface area contributed by atoms with E-state index in [0.29, 0.717) is 34.3 Å². The Morgan fingerprint density at radius 3 is 2.58 bits per heavy atom. The number of hydrogen-bond acceptors (Lipinski definition) is 5. The molecule has 0 saturated carbocycles. The van der Waals surface area contributed by atoms with Crippen LogP contribution in [0.15, 0.2) is 52.1 Å². The van der Waals surface area contributed by atoms with E-state index in [0.717, 1.165) is 12.8 Å². The van der Waals surface area contributed by atoms with Crippen molar-refractivity contribution in [2.24, 2.45) is 5.18 Å². The molecule has 24 heavy (non-hydrogen) atoms. The zero-order valence-corrected chi connectivity index (χ0v) is 13.3. The number of rotatable bonds is 6. The summed E-state index contributed by atoms with van der Waals surface area (Å²) in [4.78, 5) is 23.8. The second-order valence-corrected chi connectivity index (χ2v) is 5.65. The number of ketones is 1. The number of hydrogen-bond donors (Lipinski definition) is 1. The van der Waals surface area contributed by atoms with Gasteiger partial charge in [-0.15, -0.1) is 4.91 Å². The lowest BCUT2D eigenvalue weighted by Crippen LogP contribution is -2.03. The fourth-order valence-corrected chi connectivity index (χ4v) is 2.71. The molecule has 0 spiro atoms. The highest BCUT2D eigenvalue weighted by Gasteiger charge is 2.22. The molecule has 3 rings (SSSR count). The van der Waals surface area contributed by atoms with Crippen molar-refractivity contribution in [1.82, 2.24) is 0 Å². The van der Waals surface area contributed by atoms with Crippen molar-refractivity contribution in [3.8, 4) is 5.75 Å². The monoisotopic (exact) mass is 323 g/mol. The summed E-state index contributed by atoms with van der Waals surface area (Å²) in [7, 11) is 0. The lowest BCUT2D eigenvalue weighted by molar-refractivity contribution is 0.103. The lowest BCUT2D eigenvalue weighted by Gasteiger charge is -2.03. The molecule has 0 amide bonds. The molecule has 0 fully saturated rings. The van der Waals surface area contributed by atoms with Crippen LogP contribution in [0.25, 0.3) is 11.0 Å². The maximum Gasteiger partial charge on any atom is 0.197 e. The fourth-order valence-electron chi connectivity index (χ4n) is 2.71. The number of phenolic OH excluding ortho intramolecular Hbond substituents is 1. The number of nitrogens with zero attached hydrogens (tertiary/aromatic N) is 1. The minimum absolute atomic E-state index is 0.0993. The van der Waals surface area contributed by atoms with E-state index in [4.69, 9.17) is 4.42 Å². The molecule has 1 aromatic heterocycles. The maximum atomic E-state index is 13.0. The number of furan rings is 1. The second kappa shape index (κ2) is 6.66. The molecule has 0 aliphatic heterocycles. The molecular weight excluding hydrogens is 306 g/mol. The maximum absolute atomic E-state index is 13.0. The highest BCUT2D eigenvalue weighted by atomic mass is 16.3. The summed E-state index contributed by atoms with van der Waals surface area (Å²) in [6.45, 7) is 2.07. The van der Waals surface area contributed by atoms with E-state index in [1.165, 1.54) is 12.1 Å². The molecule has 2 aromatic carbocycles. The van der Waals surface area contributed by atoms with Gasteiger partial charge < -0.3 is 9.52 Å². The first kappa shape index (κ1) is 15.9. The third-order valence-electron chi connectivity index (χ3n) is 3.96. The Labute approximate surface area is 138 Å². The Hall–Kier alpha value is -2.95. The van der Waals surface area contributed by atoms with Crippen LogP contribution in [0.3, 0.4) is 0 Å². The number of aromatic hydroxyl groups is 1. The summed E-state index contributed by atoms with van der Waals surface area (Å²) >= 11 is 0. The van der Waals surface area contributed by atoms with Gasteiger partial charge in [0.2, 0.25) is 0 Å². The smallest absolute Gasteiger partial charge is 0.197 e. The van der Waals surface area contributed by atoms with E-state index >= 15 is 0 Å². The van der Waals surface area contributed by atoms with Gasteiger partial charge in [-0.3, -0.25) is 4.79 Å². The van der Waals surface area contributed by atoms with Crippen molar-refractivity contribution in [2.45, 2.75) is 26.2 Å². The molecule has 1 N–H and O–H groups in total. The van der Waals surface area contributed by atoms with E-state index < -0.39 is 0 Å². The van der Waals surface area contributed by atoms with Gasteiger partial charge in [-0.05, 0) is 54.1 Å². The van der Waals surface area contributed by atoms with Gasteiger partial charge in [0.15, 0.2) is 5.78 Å². The third-order valence-corrected chi connectivity index (χ3v) is 3.96. The van der Waals surface area contributed by atoms with E-state index in [2.05, 4.69) is 12.1 Å². The van der Waals surface area contributed by atoms with Crippen LogP contribution in [0.1, 0.15) is 41.4 Å². The number of nitroso groups, excluding NO2 is 1. The first-order valence-corrected chi connectivity index (χ1v) is 7.86. The minimum Gasteiger partial charge on any atom is -0.508 e. The Morgan fingerprint density at radius 2 is 1.92 bits per heavy atom. The molecule has 5 nitrogen and oxygen atoms in total. The average molecular weight is 323 g/mol. The van der Waals surface area contributed by atoms with E-state index in [1.807, 2.05) is 0 Å². The van der Waals surface area contributed by atoms with Crippen molar-refractivity contribution in [3.05, 3.63) is 64.3 Å². The van der Waals surface area contributed by atoms with E-state index in [1.54, 1.807) is 30.3 Å². The minimum atomic E-state index is -0.192. The van der Waals surface area contributed by atoms with Gasteiger partial charge in [-0.25, -0.2) is 0 Å². The predicted octanol–water partition coefficient (Wildman–Crippen LogP) is 5.11. The number of benzene rings is 2. The van der Waals surface area contributed by atoms with Gasteiger partial charge in [-0.1, -0.05) is 13.3 Å². The number of aryl methyl sites for hydroxylation is 1. The molecule has 5 heteroatoms. The van der Waals surface area contributed by atoms with Crippen molar-refractivity contribution in [2.75, 3.05) is 0 Å². The van der Waals surface area contributed by atoms with Crippen LogP contribution in [-0.4, -0.2) is 10.9 Å². The molecule has 0 saturated heterocycles. The lowest BCUT2D eigenvalue weighted by atomic mass is 9.98. The summed E-state index contributed by atoms with van der Waals surface area (Å²) in [6, 6.07) is 10.9.